The van der Waals surface area contributed by atoms with E-state index in [2.05, 4.69) is 27.3 Å². The van der Waals surface area contributed by atoms with Crippen LogP contribution in [0.1, 0.15) is 27.2 Å². The predicted molar refractivity (Wildman–Crippen MR) is 88.8 cm³/mol. The van der Waals surface area contributed by atoms with Crippen LogP contribution in [0.5, 0.6) is 11.6 Å². The predicted octanol–water partition coefficient (Wildman–Crippen LogP) is 2.50. The van der Waals surface area contributed by atoms with Crippen LogP contribution in [-0.4, -0.2) is 43.0 Å². The molecule has 1 aromatic heterocycles. The summed E-state index contributed by atoms with van der Waals surface area (Å²) >= 11 is 0. The number of ether oxygens (including phenoxy) is 2. The Labute approximate surface area is 150 Å². The van der Waals surface area contributed by atoms with Gasteiger partial charge in [-0.2, -0.15) is 0 Å². The van der Waals surface area contributed by atoms with Crippen molar-refractivity contribution in [3.05, 3.63) is 18.3 Å². The Kier molecular flexibility index (Phi) is 6.33. The number of carbonyl (C=O) groups excluding carboxylic acids is 1. The van der Waals surface area contributed by atoms with E-state index in [0.717, 1.165) is 25.6 Å². The third-order valence-electron chi connectivity index (χ3n) is 4.25. The van der Waals surface area contributed by atoms with Crippen LogP contribution in [-0.2, 0) is 4.79 Å². The Morgan fingerprint density at radius 1 is 1.42 bits per heavy atom. The fraction of sp³-hybridized carbons (Fsp3) is 0.647. The molecule has 0 saturated carbocycles. The summed E-state index contributed by atoms with van der Waals surface area (Å²) in [6.45, 7) is 6.91. The van der Waals surface area contributed by atoms with E-state index >= 15 is 0 Å². The third-order valence-corrected chi connectivity index (χ3v) is 4.25. The molecule has 1 amide bonds. The van der Waals surface area contributed by atoms with Crippen LogP contribution >= 0.6 is 0 Å². The smallest absolute Gasteiger partial charge is 0.474 e. The number of rotatable bonds is 6. The monoisotopic (exact) mass is 375 g/mol. The molecule has 0 radical (unpaired) electrons. The number of aromatic nitrogens is 1. The molecular weight excluding hydrogens is 351 g/mol. The summed E-state index contributed by atoms with van der Waals surface area (Å²) in [7, 11) is 0. The Morgan fingerprint density at radius 3 is 2.81 bits per heavy atom. The second-order valence-corrected chi connectivity index (χ2v) is 7.08. The summed E-state index contributed by atoms with van der Waals surface area (Å²) in [5.74, 6) is -0.762. The van der Waals surface area contributed by atoms with E-state index in [1.54, 1.807) is 13.8 Å². The minimum atomic E-state index is -4.85. The SMILES string of the molecule is CC1CNCCC1NC(=O)C(C)(C)COc1ncccc1OC(F)(F)F. The molecular formula is C17H24F3N3O3. The molecule has 1 aromatic rings. The highest BCUT2D eigenvalue weighted by Crippen LogP contribution is 2.31. The fourth-order valence-corrected chi connectivity index (χ4v) is 2.59. The summed E-state index contributed by atoms with van der Waals surface area (Å²) in [4.78, 5) is 16.3. The zero-order chi connectivity index (χ0) is 19.4. The van der Waals surface area contributed by atoms with Crippen LogP contribution in [0.2, 0.25) is 0 Å². The number of hydrogen-bond acceptors (Lipinski definition) is 5. The molecule has 1 aliphatic heterocycles. The average molecular weight is 375 g/mol. The highest BCUT2D eigenvalue weighted by molar-refractivity contribution is 5.82. The van der Waals surface area contributed by atoms with Crippen LogP contribution in [0.3, 0.4) is 0 Å². The molecule has 146 valence electrons. The maximum absolute atomic E-state index is 12.6. The topological polar surface area (TPSA) is 72.5 Å². The van der Waals surface area contributed by atoms with E-state index in [0.29, 0.717) is 5.92 Å². The van der Waals surface area contributed by atoms with Crippen molar-refractivity contribution in [2.24, 2.45) is 11.3 Å². The zero-order valence-corrected chi connectivity index (χ0v) is 15.0. The molecule has 2 N–H and O–H groups in total. The van der Waals surface area contributed by atoms with Gasteiger partial charge in [0.05, 0.1) is 5.41 Å². The number of amides is 1. The number of alkyl halides is 3. The van der Waals surface area contributed by atoms with Gasteiger partial charge in [-0.05, 0) is 51.4 Å². The van der Waals surface area contributed by atoms with Crippen LogP contribution < -0.4 is 20.1 Å². The molecule has 26 heavy (non-hydrogen) atoms. The molecule has 0 aliphatic carbocycles. The van der Waals surface area contributed by atoms with Gasteiger partial charge in [0, 0.05) is 12.2 Å². The Bertz CT molecular complexity index is 623. The fourth-order valence-electron chi connectivity index (χ4n) is 2.59. The van der Waals surface area contributed by atoms with Gasteiger partial charge in [-0.1, -0.05) is 6.92 Å². The van der Waals surface area contributed by atoms with Crippen LogP contribution in [0.15, 0.2) is 18.3 Å². The Morgan fingerprint density at radius 2 is 2.15 bits per heavy atom. The van der Waals surface area contributed by atoms with E-state index in [1.807, 2.05) is 0 Å². The standard InChI is InChI=1S/C17H24F3N3O3/c1-11-9-21-8-6-12(11)23-15(24)16(2,3)10-25-14-13(5-4-7-22-14)26-17(18,19)20/h4-5,7,11-12,21H,6,8-10H2,1-3H3,(H,23,24). The first-order chi connectivity index (χ1) is 12.1. The summed E-state index contributed by atoms with van der Waals surface area (Å²) < 4.78 is 46.6. The summed E-state index contributed by atoms with van der Waals surface area (Å²) in [6.07, 6.45) is -2.73. The number of nitrogens with one attached hydrogen (secondary N) is 2. The van der Waals surface area contributed by atoms with E-state index < -0.39 is 17.5 Å². The average Bonchev–Trinajstić information content (AvgIpc) is 2.54. The molecule has 9 heteroatoms. The van der Waals surface area contributed by atoms with Gasteiger partial charge in [0.2, 0.25) is 5.91 Å². The van der Waals surface area contributed by atoms with Crippen molar-refractivity contribution in [1.82, 2.24) is 15.6 Å². The molecule has 2 unspecified atom stereocenters. The minimum Gasteiger partial charge on any atom is -0.474 e. The first-order valence-corrected chi connectivity index (χ1v) is 8.44. The van der Waals surface area contributed by atoms with Gasteiger partial charge in [-0.25, -0.2) is 4.98 Å². The lowest BCUT2D eigenvalue weighted by atomic mass is 9.90. The lowest BCUT2D eigenvalue weighted by Gasteiger charge is -2.33. The molecule has 0 spiro atoms. The highest BCUT2D eigenvalue weighted by atomic mass is 19.4. The van der Waals surface area contributed by atoms with Gasteiger partial charge < -0.3 is 20.1 Å². The molecule has 2 heterocycles. The lowest BCUT2D eigenvalue weighted by molar-refractivity contribution is -0.275. The molecule has 6 nitrogen and oxygen atoms in total. The van der Waals surface area contributed by atoms with Crippen LogP contribution in [0.25, 0.3) is 0 Å². The van der Waals surface area contributed by atoms with Gasteiger partial charge in [0.15, 0.2) is 5.75 Å². The zero-order valence-electron chi connectivity index (χ0n) is 15.0. The minimum absolute atomic E-state index is 0.0574. The molecule has 1 saturated heterocycles. The maximum Gasteiger partial charge on any atom is 0.573 e. The van der Waals surface area contributed by atoms with Crippen LogP contribution in [0.4, 0.5) is 13.2 Å². The van der Waals surface area contributed by atoms with Gasteiger partial charge in [0.25, 0.3) is 5.88 Å². The largest absolute Gasteiger partial charge is 0.573 e. The normalized spacial score (nSPS) is 21.2. The molecule has 2 rings (SSSR count). The van der Waals surface area contributed by atoms with Crippen molar-refractivity contribution in [2.75, 3.05) is 19.7 Å². The van der Waals surface area contributed by atoms with Crippen molar-refractivity contribution in [2.45, 2.75) is 39.6 Å². The van der Waals surface area contributed by atoms with Gasteiger partial charge >= 0.3 is 6.36 Å². The first kappa shape index (κ1) is 20.3. The molecule has 0 bridgehead atoms. The Balaban J connectivity index is 1.98. The number of piperidine rings is 1. The molecule has 2 atom stereocenters. The molecule has 1 fully saturated rings. The molecule has 1 aliphatic rings. The van der Waals surface area contributed by atoms with Crippen LogP contribution in [0, 0.1) is 11.3 Å². The highest BCUT2D eigenvalue weighted by Gasteiger charge is 2.35. The van der Waals surface area contributed by atoms with E-state index in [4.69, 9.17) is 4.74 Å². The second-order valence-electron chi connectivity index (χ2n) is 7.08. The van der Waals surface area contributed by atoms with Crippen molar-refractivity contribution in [3.63, 3.8) is 0 Å². The molecule has 0 aromatic carbocycles. The van der Waals surface area contributed by atoms with E-state index in [1.165, 1.54) is 12.3 Å². The van der Waals surface area contributed by atoms with Crippen molar-refractivity contribution in [3.8, 4) is 11.6 Å². The maximum atomic E-state index is 12.6. The lowest BCUT2D eigenvalue weighted by Crippen LogP contribution is -2.52. The van der Waals surface area contributed by atoms with E-state index in [9.17, 15) is 18.0 Å². The van der Waals surface area contributed by atoms with Crippen molar-refractivity contribution >= 4 is 5.91 Å². The number of halogens is 3. The quantitative estimate of drug-likeness (QED) is 0.799. The Hall–Kier alpha value is -2.03. The number of hydrogen-bond donors (Lipinski definition) is 2. The third kappa shape index (κ3) is 5.76. The van der Waals surface area contributed by atoms with Gasteiger partial charge in [-0.3, -0.25) is 4.79 Å². The summed E-state index contributed by atoms with van der Waals surface area (Å²) in [5, 5.41) is 6.27. The van der Waals surface area contributed by atoms with E-state index in [-0.39, 0.29) is 24.4 Å². The summed E-state index contributed by atoms with van der Waals surface area (Å²) in [6, 6.07) is 2.48. The summed E-state index contributed by atoms with van der Waals surface area (Å²) in [5.41, 5.74) is -0.947. The second kappa shape index (κ2) is 8.11. The first-order valence-electron chi connectivity index (χ1n) is 8.44. The van der Waals surface area contributed by atoms with Crippen molar-refractivity contribution in [1.29, 1.82) is 0 Å². The van der Waals surface area contributed by atoms with Gasteiger partial charge in [0.1, 0.15) is 6.61 Å². The van der Waals surface area contributed by atoms with Gasteiger partial charge in [-0.15, -0.1) is 13.2 Å². The number of carbonyl (C=O) groups is 1. The van der Waals surface area contributed by atoms with Crippen molar-refractivity contribution < 1.29 is 27.4 Å². The number of pyridine rings is 1. The number of nitrogens with zero attached hydrogens (tertiary/aromatic N) is 1.